The van der Waals surface area contributed by atoms with E-state index in [9.17, 15) is 5.26 Å². The molecule has 0 unspecified atom stereocenters. The SMILES string of the molecule is N#Cc1c(-n2c3ccccc3c3ccccc32)c(-n2c3ccccc3c3cc(-c4cccc5c4sc4ccccc45)ccc32)c(-n2c3ccccc3c3ccccc32)c2c3cccc4c5ccccc5n(c12)c43. The zero-order valence-corrected chi connectivity index (χ0v) is 39.8. The van der Waals surface area contributed by atoms with Crippen LogP contribution in [0.4, 0.5) is 0 Å². The van der Waals surface area contributed by atoms with Gasteiger partial charge in [0.15, 0.2) is 0 Å². The molecule has 336 valence electrons. The van der Waals surface area contributed by atoms with Crippen LogP contribution in [-0.4, -0.2) is 18.1 Å². The van der Waals surface area contributed by atoms with Gasteiger partial charge in [0.05, 0.1) is 66.7 Å². The minimum atomic E-state index is 0.610. The average molecular weight is 944 g/mol. The van der Waals surface area contributed by atoms with E-state index < -0.39 is 0 Å². The predicted octanol–water partition coefficient (Wildman–Crippen LogP) is 18.0. The Bertz CT molecular complexity index is 5190. The zero-order chi connectivity index (χ0) is 47.6. The Balaban J connectivity index is 1.15. The Labute approximate surface area is 420 Å². The molecule has 0 bridgehead atoms. The molecule has 0 aliphatic heterocycles. The largest absolute Gasteiger partial charge is 0.306 e. The summed E-state index contributed by atoms with van der Waals surface area (Å²) in [4.78, 5) is 0. The highest BCUT2D eigenvalue weighted by Crippen LogP contribution is 2.52. The van der Waals surface area contributed by atoms with Gasteiger partial charge in [-0.25, -0.2) is 0 Å². The normalized spacial score (nSPS) is 12.4. The van der Waals surface area contributed by atoms with E-state index in [0.29, 0.717) is 5.56 Å². The lowest BCUT2D eigenvalue weighted by atomic mass is 9.99. The lowest BCUT2D eigenvalue weighted by Gasteiger charge is -2.25. The van der Waals surface area contributed by atoms with Crippen molar-refractivity contribution in [1.82, 2.24) is 18.1 Å². The fraction of sp³-hybridized carbons (Fsp3) is 0. The maximum absolute atomic E-state index is 12.4. The third-order valence-electron chi connectivity index (χ3n) is 15.9. The summed E-state index contributed by atoms with van der Waals surface area (Å²) in [5, 5.41) is 26.3. The van der Waals surface area contributed by atoms with Gasteiger partial charge in [0.1, 0.15) is 11.6 Å². The summed E-state index contributed by atoms with van der Waals surface area (Å²) in [5.74, 6) is 0. The van der Waals surface area contributed by atoms with Gasteiger partial charge in [-0.15, -0.1) is 11.3 Å². The summed E-state index contributed by atoms with van der Waals surface area (Å²) in [6.07, 6.45) is 0. The van der Waals surface area contributed by atoms with Crippen LogP contribution in [0.2, 0.25) is 0 Å². The molecule has 17 aromatic rings. The standard InChI is InChI=1S/C67H37N5S/c68-38-52-63-61(50-27-16-25-48-45-21-5-13-33-58(45)72(63)62(48)50)65(70-55-30-10-3-19-43(55)44-20-4-11-31-56(44)70)66(64(52)69-53-28-8-1-17-41(53)42-18-2-9-29-54(42)69)71-57-32-12-6-22-46(57)51-37-39(35-36-59(51)71)40-24-15-26-49-47-23-7-14-34-60(47)73-67(40)49/h1-37H. The van der Waals surface area contributed by atoms with Crippen molar-refractivity contribution in [3.8, 4) is 34.3 Å². The fourth-order valence-electron chi connectivity index (χ4n) is 13.1. The molecule has 0 fully saturated rings. The number of thiophene rings is 1. The van der Waals surface area contributed by atoms with Crippen molar-refractivity contribution in [3.63, 3.8) is 0 Å². The summed E-state index contributed by atoms with van der Waals surface area (Å²) in [5.41, 5.74) is 15.3. The molecule has 6 aromatic heterocycles. The number of hydrogen-bond donors (Lipinski definition) is 0. The topological polar surface area (TPSA) is 43.0 Å². The van der Waals surface area contributed by atoms with E-state index in [1.54, 1.807) is 0 Å². The molecule has 0 N–H and O–H groups in total. The lowest BCUT2D eigenvalue weighted by Crippen LogP contribution is -2.12. The molecule has 6 heterocycles. The number of para-hydroxylation sites is 7. The van der Waals surface area contributed by atoms with Crippen molar-refractivity contribution >= 4 is 135 Å². The first-order valence-electron chi connectivity index (χ1n) is 24.8. The third kappa shape index (κ3) is 4.94. The fourth-order valence-corrected chi connectivity index (χ4v) is 14.3. The Morgan fingerprint density at radius 1 is 0.329 bits per heavy atom. The Morgan fingerprint density at radius 3 is 1.37 bits per heavy atom. The highest BCUT2D eigenvalue weighted by molar-refractivity contribution is 7.26. The molecule has 0 aliphatic rings. The van der Waals surface area contributed by atoms with Crippen molar-refractivity contribution < 1.29 is 0 Å². The van der Waals surface area contributed by atoms with Gasteiger partial charge in [0.25, 0.3) is 0 Å². The van der Waals surface area contributed by atoms with Gasteiger partial charge in [0, 0.05) is 74.0 Å². The summed E-state index contributed by atoms with van der Waals surface area (Å²) < 4.78 is 12.4. The highest BCUT2D eigenvalue weighted by Gasteiger charge is 2.34. The van der Waals surface area contributed by atoms with Gasteiger partial charge >= 0.3 is 0 Å². The van der Waals surface area contributed by atoms with Crippen LogP contribution in [0.15, 0.2) is 224 Å². The second-order valence-corrected chi connectivity index (χ2v) is 20.5. The van der Waals surface area contributed by atoms with Crippen LogP contribution < -0.4 is 0 Å². The van der Waals surface area contributed by atoms with Crippen molar-refractivity contribution in [3.05, 3.63) is 230 Å². The molecule has 73 heavy (non-hydrogen) atoms. The predicted molar refractivity (Wildman–Crippen MR) is 307 cm³/mol. The molecule has 6 heteroatoms. The number of fused-ring (bicyclic) bond motifs is 18. The summed E-state index contributed by atoms with van der Waals surface area (Å²) >= 11 is 1.86. The molecular weight excluding hydrogens is 907 g/mol. The van der Waals surface area contributed by atoms with E-state index in [1.165, 1.54) is 52.8 Å². The Kier molecular flexibility index (Phi) is 7.62. The third-order valence-corrected chi connectivity index (χ3v) is 17.1. The van der Waals surface area contributed by atoms with Gasteiger partial charge < -0.3 is 18.1 Å². The van der Waals surface area contributed by atoms with Crippen molar-refractivity contribution in [1.29, 1.82) is 5.26 Å². The number of nitriles is 1. The van der Waals surface area contributed by atoms with Gasteiger partial charge in [-0.3, -0.25) is 0 Å². The molecule has 0 saturated heterocycles. The number of rotatable bonds is 4. The molecule has 0 atom stereocenters. The van der Waals surface area contributed by atoms with Crippen LogP contribution in [0.1, 0.15) is 5.56 Å². The smallest absolute Gasteiger partial charge is 0.104 e. The average Bonchev–Trinajstić information content (AvgIpc) is 4.30. The summed E-state index contributed by atoms with van der Waals surface area (Å²) in [6, 6.07) is 84.8. The molecule has 0 radical (unpaired) electrons. The number of aromatic nitrogens is 4. The van der Waals surface area contributed by atoms with Gasteiger partial charge in [0.2, 0.25) is 0 Å². The second kappa shape index (κ2) is 14.2. The van der Waals surface area contributed by atoms with Crippen molar-refractivity contribution in [2.75, 3.05) is 0 Å². The van der Waals surface area contributed by atoms with E-state index in [1.807, 2.05) is 11.3 Å². The highest BCUT2D eigenvalue weighted by atomic mass is 32.1. The van der Waals surface area contributed by atoms with Crippen LogP contribution in [-0.2, 0) is 0 Å². The van der Waals surface area contributed by atoms with Crippen molar-refractivity contribution in [2.24, 2.45) is 0 Å². The first-order valence-corrected chi connectivity index (χ1v) is 25.6. The molecular formula is C67H37N5S. The molecule has 0 amide bonds. The minimum absolute atomic E-state index is 0.610. The molecule has 0 spiro atoms. The maximum atomic E-state index is 12.4. The van der Waals surface area contributed by atoms with Crippen LogP contribution >= 0.6 is 11.3 Å². The maximum Gasteiger partial charge on any atom is 0.104 e. The van der Waals surface area contributed by atoms with E-state index >= 15 is 0 Å². The number of benzene rings is 11. The first kappa shape index (κ1) is 39.1. The molecule has 17 rings (SSSR count). The van der Waals surface area contributed by atoms with Crippen LogP contribution in [0.3, 0.4) is 0 Å². The Morgan fingerprint density at radius 2 is 0.767 bits per heavy atom. The molecule has 11 aromatic carbocycles. The first-order chi connectivity index (χ1) is 36.2. The summed E-state index contributed by atoms with van der Waals surface area (Å²) in [7, 11) is 0. The number of hydrogen-bond acceptors (Lipinski definition) is 2. The zero-order valence-electron chi connectivity index (χ0n) is 39.0. The minimum Gasteiger partial charge on any atom is -0.306 e. The van der Waals surface area contributed by atoms with E-state index in [0.717, 1.165) is 99.0 Å². The monoisotopic (exact) mass is 943 g/mol. The molecule has 0 aliphatic carbocycles. The quantitative estimate of drug-likeness (QED) is 0.173. The number of nitrogens with zero attached hydrogens (tertiary/aromatic N) is 5. The van der Waals surface area contributed by atoms with E-state index in [2.05, 4.69) is 249 Å². The van der Waals surface area contributed by atoms with Gasteiger partial charge in [-0.2, -0.15) is 5.26 Å². The second-order valence-electron chi connectivity index (χ2n) is 19.4. The van der Waals surface area contributed by atoms with E-state index in [-0.39, 0.29) is 0 Å². The van der Waals surface area contributed by atoms with Crippen LogP contribution in [0.25, 0.3) is 152 Å². The lowest BCUT2D eigenvalue weighted by molar-refractivity contribution is 1.06. The van der Waals surface area contributed by atoms with Crippen molar-refractivity contribution in [2.45, 2.75) is 0 Å². The van der Waals surface area contributed by atoms with Crippen LogP contribution in [0, 0.1) is 11.3 Å². The molecule has 5 nitrogen and oxygen atoms in total. The van der Waals surface area contributed by atoms with Crippen LogP contribution in [0.5, 0.6) is 0 Å². The van der Waals surface area contributed by atoms with Gasteiger partial charge in [-0.1, -0.05) is 170 Å². The summed E-state index contributed by atoms with van der Waals surface area (Å²) in [6.45, 7) is 0. The van der Waals surface area contributed by atoms with E-state index in [4.69, 9.17) is 0 Å². The van der Waals surface area contributed by atoms with Gasteiger partial charge in [-0.05, 0) is 65.7 Å². The molecule has 0 saturated carbocycles. The Hall–Kier alpha value is -9.67.